The molecule has 108 valence electrons. The van der Waals surface area contributed by atoms with Gasteiger partial charge in [0.25, 0.3) is 5.91 Å². The molecule has 0 fully saturated rings. The quantitative estimate of drug-likeness (QED) is 0.874. The van der Waals surface area contributed by atoms with Crippen molar-refractivity contribution >= 4 is 29.2 Å². The van der Waals surface area contributed by atoms with Gasteiger partial charge in [0.1, 0.15) is 16.6 Å². The summed E-state index contributed by atoms with van der Waals surface area (Å²) < 4.78 is 4.98. The molecule has 7 nitrogen and oxygen atoms in total. The van der Waals surface area contributed by atoms with Gasteiger partial charge < -0.3 is 15.2 Å². The lowest BCUT2D eigenvalue weighted by molar-refractivity contribution is -0.139. The Morgan fingerprint density at radius 2 is 1.95 bits per heavy atom. The Morgan fingerprint density at radius 3 is 2.57 bits per heavy atom. The number of amides is 1. The van der Waals surface area contributed by atoms with Crippen LogP contribution in [0.5, 0.6) is 5.75 Å². The van der Waals surface area contributed by atoms with Crippen LogP contribution in [0.15, 0.2) is 36.7 Å². The molecule has 0 radical (unpaired) electrons. The molecule has 0 aliphatic rings. The zero-order valence-electron chi connectivity index (χ0n) is 10.6. The lowest BCUT2D eigenvalue weighted by Gasteiger charge is -2.06. The number of nitrogens with one attached hydrogen (secondary N) is 1. The van der Waals surface area contributed by atoms with Crippen molar-refractivity contribution in [3.8, 4) is 5.75 Å². The summed E-state index contributed by atoms with van der Waals surface area (Å²) in [6, 6.07) is 6.24. The van der Waals surface area contributed by atoms with Crippen molar-refractivity contribution < 1.29 is 19.4 Å². The minimum absolute atomic E-state index is 0.0914. The van der Waals surface area contributed by atoms with Gasteiger partial charge in [-0.05, 0) is 24.3 Å². The molecule has 21 heavy (non-hydrogen) atoms. The van der Waals surface area contributed by atoms with E-state index in [9.17, 15) is 9.59 Å². The van der Waals surface area contributed by atoms with E-state index in [1.807, 2.05) is 0 Å². The van der Waals surface area contributed by atoms with E-state index in [1.54, 1.807) is 24.3 Å². The molecule has 0 unspecified atom stereocenters. The third kappa shape index (κ3) is 4.43. The molecule has 1 aromatic heterocycles. The second-order valence-electron chi connectivity index (χ2n) is 3.89. The summed E-state index contributed by atoms with van der Waals surface area (Å²) in [5, 5.41) is 11.2. The first-order valence-corrected chi connectivity index (χ1v) is 6.16. The van der Waals surface area contributed by atoms with Gasteiger partial charge in [-0.25, -0.2) is 9.78 Å². The lowest BCUT2D eigenvalue weighted by atomic mass is 10.3. The fraction of sp³-hybridized carbons (Fsp3) is 0.0769. The molecule has 1 aromatic carbocycles. The zero-order valence-corrected chi connectivity index (χ0v) is 11.4. The number of rotatable bonds is 5. The SMILES string of the molecule is O=C(O)COc1ccc(NC(=O)c2cncc(Cl)n2)cc1. The van der Waals surface area contributed by atoms with Crippen LogP contribution in [-0.4, -0.2) is 33.6 Å². The molecule has 2 aromatic rings. The molecule has 0 saturated heterocycles. The molecular weight excluding hydrogens is 298 g/mol. The van der Waals surface area contributed by atoms with Crippen molar-refractivity contribution in [1.82, 2.24) is 9.97 Å². The number of anilines is 1. The summed E-state index contributed by atoms with van der Waals surface area (Å²) >= 11 is 5.65. The van der Waals surface area contributed by atoms with Crippen molar-refractivity contribution in [2.75, 3.05) is 11.9 Å². The molecule has 0 aliphatic carbocycles. The molecule has 2 N–H and O–H groups in total. The summed E-state index contributed by atoms with van der Waals surface area (Å²) in [6.07, 6.45) is 2.62. The summed E-state index contributed by atoms with van der Waals surface area (Å²) in [6.45, 7) is -0.427. The third-order valence-electron chi connectivity index (χ3n) is 2.31. The fourth-order valence-corrected chi connectivity index (χ4v) is 1.57. The van der Waals surface area contributed by atoms with E-state index < -0.39 is 18.5 Å². The van der Waals surface area contributed by atoms with Crippen LogP contribution in [0.25, 0.3) is 0 Å². The normalized spacial score (nSPS) is 9.95. The fourth-order valence-electron chi connectivity index (χ4n) is 1.43. The van der Waals surface area contributed by atoms with E-state index in [2.05, 4.69) is 15.3 Å². The first-order valence-electron chi connectivity index (χ1n) is 5.78. The van der Waals surface area contributed by atoms with Crippen molar-refractivity contribution in [2.45, 2.75) is 0 Å². The molecule has 2 rings (SSSR count). The zero-order chi connectivity index (χ0) is 15.2. The highest BCUT2D eigenvalue weighted by Gasteiger charge is 2.09. The number of carboxylic acid groups (broad SMARTS) is 1. The molecule has 8 heteroatoms. The first kappa shape index (κ1) is 14.7. The topological polar surface area (TPSA) is 101 Å². The lowest BCUT2D eigenvalue weighted by Crippen LogP contribution is -2.14. The van der Waals surface area contributed by atoms with Crippen LogP contribution in [-0.2, 0) is 4.79 Å². The summed E-state index contributed by atoms with van der Waals surface area (Å²) in [5.41, 5.74) is 0.596. The predicted octanol–water partition coefficient (Wildman–Crippen LogP) is 1.85. The van der Waals surface area contributed by atoms with Crippen molar-refractivity contribution in [2.24, 2.45) is 0 Å². The van der Waals surface area contributed by atoms with E-state index in [-0.39, 0.29) is 10.8 Å². The highest BCUT2D eigenvalue weighted by molar-refractivity contribution is 6.29. The van der Waals surface area contributed by atoms with Crippen LogP contribution in [0.1, 0.15) is 10.5 Å². The van der Waals surface area contributed by atoms with Crippen LogP contribution in [0, 0.1) is 0 Å². The summed E-state index contributed by atoms with van der Waals surface area (Å²) in [4.78, 5) is 29.9. The molecule has 1 heterocycles. The van der Waals surface area contributed by atoms with Gasteiger partial charge in [-0.1, -0.05) is 11.6 Å². The molecule has 0 atom stereocenters. The van der Waals surface area contributed by atoms with Gasteiger partial charge in [-0.15, -0.1) is 0 Å². The van der Waals surface area contributed by atoms with Gasteiger partial charge >= 0.3 is 5.97 Å². The highest BCUT2D eigenvalue weighted by Crippen LogP contribution is 2.16. The maximum Gasteiger partial charge on any atom is 0.341 e. The Bertz CT molecular complexity index is 661. The molecule has 0 spiro atoms. The van der Waals surface area contributed by atoms with E-state index in [1.165, 1.54) is 12.4 Å². The molecule has 0 aliphatic heterocycles. The van der Waals surface area contributed by atoms with Gasteiger partial charge in [0.2, 0.25) is 0 Å². The predicted molar refractivity (Wildman–Crippen MR) is 74.6 cm³/mol. The van der Waals surface area contributed by atoms with Crippen molar-refractivity contribution in [1.29, 1.82) is 0 Å². The Kier molecular flexibility index (Phi) is 4.68. The standard InChI is InChI=1S/C13H10ClN3O4/c14-11-6-15-5-10(17-11)13(20)16-8-1-3-9(4-2-8)21-7-12(18)19/h1-6H,7H2,(H,16,20)(H,18,19). The molecule has 0 bridgehead atoms. The number of aromatic nitrogens is 2. The van der Waals surface area contributed by atoms with E-state index in [0.29, 0.717) is 11.4 Å². The van der Waals surface area contributed by atoms with Gasteiger partial charge in [0.05, 0.1) is 12.4 Å². The largest absolute Gasteiger partial charge is 0.482 e. The molecule has 0 saturated carbocycles. The van der Waals surface area contributed by atoms with Gasteiger partial charge in [0, 0.05) is 5.69 Å². The average Bonchev–Trinajstić information content (AvgIpc) is 2.46. The number of ether oxygens (including phenoxy) is 1. The number of hydrogen-bond donors (Lipinski definition) is 2. The molecular formula is C13H10ClN3O4. The van der Waals surface area contributed by atoms with Crippen LogP contribution >= 0.6 is 11.6 Å². The number of carbonyl (C=O) groups is 2. The van der Waals surface area contributed by atoms with Gasteiger partial charge in [-0.3, -0.25) is 9.78 Å². The number of carbonyl (C=O) groups excluding carboxylic acids is 1. The maximum absolute atomic E-state index is 11.9. The highest BCUT2D eigenvalue weighted by atomic mass is 35.5. The van der Waals surface area contributed by atoms with Crippen LogP contribution in [0.3, 0.4) is 0 Å². The first-order chi connectivity index (χ1) is 10.0. The van der Waals surface area contributed by atoms with E-state index in [0.717, 1.165) is 0 Å². The maximum atomic E-state index is 11.9. The second kappa shape index (κ2) is 6.67. The monoisotopic (exact) mass is 307 g/mol. The Balaban J connectivity index is 2.00. The number of carboxylic acids is 1. The summed E-state index contributed by atoms with van der Waals surface area (Å²) in [7, 11) is 0. The molecule has 1 amide bonds. The summed E-state index contributed by atoms with van der Waals surface area (Å²) in [5.74, 6) is -1.13. The Morgan fingerprint density at radius 1 is 1.24 bits per heavy atom. The van der Waals surface area contributed by atoms with E-state index in [4.69, 9.17) is 21.4 Å². The van der Waals surface area contributed by atoms with Crippen molar-refractivity contribution in [3.63, 3.8) is 0 Å². The van der Waals surface area contributed by atoms with Gasteiger partial charge in [0.15, 0.2) is 6.61 Å². The number of nitrogens with zero attached hydrogens (tertiary/aromatic N) is 2. The minimum atomic E-state index is -1.06. The van der Waals surface area contributed by atoms with Gasteiger partial charge in [-0.2, -0.15) is 0 Å². The van der Waals surface area contributed by atoms with E-state index >= 15 is 0 Å². The number of aliphatic carboxylic acids is 1. The average molecular weight is 308 g/mol. The Labute approximate surface area is 124 Å². The van der Waals surface area contributed by atoms with Crippen molar-refractivity contribution in [3.05, 3.63) is 47.5 Å². The van der Waals surface area contributed by atoms with Crippen LogP contribution in [0.2, 0.25) is 5.15 Å². The number of hydrogen-bond acceptors (Lipinski definition) is 5. The smallest absolute Gasteiger partial charge is 0.341 e. The second-order valence-corrected chi connectivity index (χ2v) is 4.28. The Hall–Kier alpha value is -2.67. The third-order valence-corrected chi connectivity index (χ3v) is 2.49. The van der Waals surface area contributed by atoms with Crippen LogP contribution in [0.4, 0.5) is 5.69 Å². The number of halogens is 1. The minimum Gasteiger partial charge on any atom is -0.482 e. The van der Waals surface area contributed by atoms with Crippen LogP contribution < -0.4 is 10.1 Å². The number of benzene rings is 1.